The average Bonchev–Trinajstić information content (AvgIpc) is 3.78. The van der Waals surface area contributed by atoms with E-state index in [1.54, 1.807) is 6.20 Å². The molecule has 0 saturated carbocycles. The number of alkyl halides is 1. The third-order valence-electron chi connectivity index (χ3n) is 8.94. The van der Waals surface area contributed by atoms with Gasteiger partial charge in [0.1, 0.15) is 54.6 Å². The number of rotatable bonds is 4. The summed E-state index contributed by atoms with van der Waals surface area (Å²) in [6.07, 6.45) is -4.78. The van der Waals surface area contributed by atoms with E-state index in [9.17, 15) is 24.5 Å². The van der Waals surface area contributed by atoms with Crippen molar-refractivity contribution in [2.45, 2.75) is 68.5 Å². The van der Waals surface area contributed by atoms with Crippen LogP contribution in [0.1, 0.15) is 24.4 Å². The number of nitrogens with one attached hydrogen (secondary N) is 1. The lowest BCUT2D eigenvalue weighted by Gasteiger charge is -2.27. The van der Waals surface area contributed by atoms with E-state index in [4.69, 9.17) is 39.4 Å². The highest BCUT2D eigenvalue weighted by Gasteiger charge is 2.53. The van der Waals surface area contributed by atoms with Gasteiger partial charge in [0.15, 0.2) is 29.8 Å². The van der Waals surface area contributed by atoms with Gasteiger partial charge in [0.2, 0.25) is 0 Å². The number of aliphatic hydroxyl groups excluding tert-OH is 2. The van der Waals surface area contributed by atoms with Crippen LogP contribution in [0.25, 0.3) is 22.2 Å². The van der Waals surface area contributed by atoms with Crippen molar-refractivity contribution in [2.24, 2.45) is 0 Å². The predicted molar refractivity (Wildman–Crippen MR) is 177 cm³/mol. The summed E-state index contributed by atoms with van der Waals surface area (Å²) in [5, 5.41) is 24.5. The summed E-state index contributed by atoms with van der Waals surface area (Å²) in [7, 11) is 0. The van der Waals surface area contributed by atoms with E-state index in [-0.39, 0.29) is 24.3 Å². The van der Waals surface area contributed by atoms with Crippen molar-refractivity contribution in [1.82, 2.24) is 33.6 Å². The number of halogens is 1. The maximum absolute atomic E-state index is 16.4. The lowest BCUT2D eigenvalue weighted by atomic mass is 10.1. The second-order valence-electron chi connectivity index (χ2n) is 12.0. The van der Waals surface area contributed by atoms with E-state index in [1.165, 1.54) is 32.7 Å². The molecular formula is C26H31FN8O11P2S2. The summed E-state index contributed by atoms with van der Waals surface area (Å²) in [5.41, 5.74) is 0.717. The van der Waals surface area contributed by atoms with Gasteiger partial charge in [-0.05, 0) is 30.2 Å². The number of thiol groups is 1. The van der Waals surface area contributed by atoms with E-state index in [2.05, 4.69) is 37.5 Å². The standard InChI is InChI=1S/C26H31FN8O11P2S2/c27-16-19-14(44-25(16)34-6-12-2-1-3-28-21-15(12)22(34)30-9-29-21)8-42-48(40,50)46-20-18(37)13(7-41-47(39,49)45-19)43-26(20)35-11-31-17-23(35)32-10-33(4-5-36)24(17)38/h6,9-11,13-14,16,18-20,25-26,36-37H,1-5,7-8H2,(H,39,49)(H,40,50)(H,28,29,30)/t13-,14-,16-,18-,19-,20-,25-,26-,47?,48?/m1/s1. The minimum atomic E-state index is -4.39. The summed E-state index contributed by atoms with van der Waals surface area (Å²) in [6.45, 7) is -9.45. The number of fused-ring (bicyclic) bond motifs is 4. The van der Waals surface area contributed by atoms with Gasteiger partial charge in [0.05, 0.1) is 38.1 Å². The molecule has 0 amide bonds. The van der Waals surface area contributed by atoms with Crippen LogP contribution in [0.4, 0.5) is 10.2 Å². The second-order valence-corrected chi connectivity index (χ2v) is 17.7. The Bertz CT molecular complexity index is 2110. The van der Waals surface area contributed by atoms with Crippen molar-refractivity contribution in [3.8, 4) is 0 Å². The van der Waals surface area contributed by atoms with Gasteiger partial charge in [-0.15, -0.1) is 0 Å². The molecule has 270 valence electrons. The van der Waals surface area contributed by atoms with E-state index in [0.29, 0.717) is 24.4 Å². The van der Waals surface area contributed by atoms with Crippen molar-refractivity contribution in [2.75, 3.05) is 31.7 Å². The normalized spacial score (nSPS) is 36.3. The van der Waals surface area contributed by atoms with Crippen LogP contribution in [0, 0.1) is 0 Å². The fourth-order valence-electron chi connectivity index (χ4n) is 6.64. The fourth-order valence-corrected chi connectivity index (χ4v) is 9.53. The maximum atomic E-state index is 16.4. The first-order chi connectivity index (χ1) is 23.9. The van der Waals surface area contributed by atoms with Gasteiger partial charge in [-0.2, -0.15) is 0 Å². The number of ether oxygens (including phenoxy) is 2. The summed E-state index contributed by atoms with van der Waals surface area (Å²) in [5.74, 6) is 0.610. The van der Waals surface area contributed by atoms with Crippen LogP contribution >= 0.6 is 25.8 Å². The molecule has 2 unspecified atom stereocenters. The van der Waals surface area contributed by atoms with Gasteiger partial charge in [0, 0.05) is 12.7 Å². The van der Waals surface area contributed by atoms with Gasteiger partial charge < -0.3 is 39.0 Å². The molecule has 8 heterocycles. The maximum Gasteiger partial charge on any atom is 0.386 e. The highest BCUT2D eigenvalue weighted by molar-refractivity contribution is 8.44. The minimum absolute atomic E-state index is 0.0135. The van der Waals surface area contributed by atoms with Crippen LogP contribution in [0.5, 0.6) is 0 Å². The van der Waals surface area contributed by atoms with E-state index in [0.717, 1.165) is 17.4 Å². The number of aryl methyl sites for hydroxylation is 1. The highest BCUT2D eigenvalue weighted by atomic mass is 32.7. The second kappa shape index (κ2) is 13.2. The van der Waals surface area contributed by atoms with Gasteiger partial charge in [-0.25, -0.2) is 28.9 Å². The molecule has 4 aliphatic rings. The third kappa shape index (κ3) is 6.13. The van der Waals surface area contributed by atoms with Crippen molar-refractivity contribution < 1.29 is 51.6 Å². The fraction of sp³-hybridized carbons (Fsp3) is 0.577. The smallest absolute Gasteiger partial charge is 0.386 e. The largest absolute Gasteiger partial charge is 0.395 e. The van der Waals surface area contributed by atoms with Crippen LogP contribution in [-0.4, -0.2) is 112 Å². The molecule has 50 heavy (non-hydrogen) atoms. The average molecular weight is 777 g/mol. The Balaban J connectivity index is 1.10. The van der Waals surface area contributed by atoms with Crippen molar-refractivity contribution in [3.05, 3.63) is 41.1 Å². The first-order valence-corrected chi connectivity index (χ1v) is 20.8. The Morgan fingerprint density at radius 1 is 1.04 bits per heavy atom. The van der Waals surface area contributed by atoms with Gasteiger partial charge in [-0.1, -0.05) is 12.2 Å². The lowest BCUT2D eigenvalue weighted by molar-refractivity contribution is -0.0586. The molecule has 0 spiro atoms. The van der Waals surface area contributed by atoms with Crippen LogP contribution in [0.3, 0.4) is 0 Å². The molecule has 4 aromatic heterocycles. The number of anilines is 1. The molecule has 24 heteroatoms. The summed E-state index contributed by atoms with van der Waals surface area (Å²) < 4.78 is 68.7. The Morgan fingerprint density at radius 3 is 2.66 bits per heavy atom. The molecule has 19 nitrogen and oxygen atoms in total. The lowest BCUT2D eigenvalue weighted by Crippen LogP contribution is -2.35. The summed E-state index contributed by atoms with van der Waals surface area (Å²) in [6, 6.07) is 0. The molecule has 0 radical (unpaired) electrons. The van der Waals surface area contributed by atoms with Crippen molar-refractivity contribution in [1.29, 1.82) is 0 Å². The molecule has 10 atom stereocenters. The molecule has 8 rings (SSSR count). The zero-order chi connectivity index (χ0) is 34.9. The minimum Gasteiger partial charge on any atom is -0.395 e. The summed E-state index contributed by atoms with van der Waals surface area (Å²) in [4.78, 5) is 41.2. The monoisotopic (exact) mass is 776 g/mol. The number of nitrogens with zero attached hydrogens (tertiary/aromatic N) is 7. The Labute approximate surface area is 291 Å². The zero-order valence-electron chi connectivity index (χ0n) is 25.7. The Kier molecular flexibility index (Phi) is 9.15. The first-order valence-electron chi connectivity index (χ1n) is 15.5. The van der Waals surface area contributed by atoms with Gasteiger partial charge >= 0.3 is 13.5 Å². The molecular weight excluding hydrogens is 745 g/mol. The molecule has 4 aliphatic heterocycles. The zero-order valence-corrected chi connectivity index (χ0v) is 29.2. The molecule has 4 aromatic rings. The van der Waals surface area contributed by atoms with E-state index in [1.807, 2.05) is 0 Å². The Hall–Kier alpha value is -2.43. The van der Waals surface area contributed by atoms with Crippen molar-refractivity contribution >= 4 is 65.6 Å². The number of aromatic nitrogens is 7. The molecule has 0 aromatic carbocycles. The molecule has 2 bridgehead atoms. The topological polar surface area (TPSA) is 229 Å². The summed E-state index contributed by atoms with van der Waals surface area (Å²) >= 11 is 9.39. The highest BCUT2D eigenvalue weighted by Crippen LogP contribution is 2.58. The predicted octanol–water partition coefficient (Wildman–Crippen LogP) is 0.954. The van der Waals surface area contributed by atoms with Crippen LogP contribution < -0.4 is 10.9 Å². The Morgan fingerprint density at radius 2 is 1.84 bits per heavy atom. The van der Waals surface area contributed by atoms with Gasteiger partial charge in [-0.3, -0.25) is 27.5 Å². The third-order valence-corrected chi connectivity index (χ3v) is 12.1. The SMILES string of the molecule is O=c1c2ncn([C@@H]3O[C@@H]4COP(=O)(S)O[C@H]5[C@@H](F)[C@H](n6cc7c8c(ncnc86)NCCC7)O[C@@H]5COP(O)(=S)O[C@@H]3[C@@H]4O)c2ncn1CCO. The molecule has 3 fully saturated rings. The first kappa shape index (κ1) is 34.6. The number of aliphatic hydroxyl groups is 2. The quantitative estimate of drug-likeness (QED) is 0.144. The van der Waals surface area contributed by atoms with E-state index < -0.39 is 81.4 Å². The molecule has 4 N–H and O–H groups in total. The molecule has 0 aliphatic carbocycles. The number of hydrogen-bond acceptors (Lipinski definition) is 16. The number of hydrogen-bond donors (Lipinski definition) is 5. The molecule has 3 saturated heterocycles. The number of imidazole rings is 1. The van der Waals surface area contributed by atoms with Crippen LogP contribution in [-0.2, 0) is 56.9 Å². The van der Waals surface area contributed by atoms with Crippen LogP contribution in [0.2, 0.25) is 0 Å². The van der Waals surface area contributed by atoms with Crippen molar-refractivity contribution in [3.63, 3.8) is 0 Å². The van der Waals surface area contributed by atoms with E-state index >= 15 is 4.39 Å². The van der Waals surface area contributed by atoms with Crippen LogP contribution in [0.15, 0.2) is 30.0 Å². The van der Waals surface area contributed by atoms with Gasteiger partial charge in [0.25, 0.3) is 5.56 Å².